The third-order valence-electron chi connectivity index (χ3n) is 10.3. The summed E-state index contributed by atoms with van der Waals surface area (Å²) in [5, 5.41) is 4.85. The van der Waals surface area contributed by atoms with Crippen LogP contribution < -0.4 is 25.6 Å². The van der Waals surface area contributed by atoms with Gasteiger partial charge in [-0.3, -0.25) is 4.40 Å². The second-order valence-corrected chi connectivity index (χ2v) is 18.0. The third kappa shape index (κ3) is 4.98. The van der Waals surface area contributed by atoms with Gasteiger partial charge in [0.1, 0.15) is 8.07 Å². The quantitative estimate of drug-likeness (QED) is 0.135. The normalized spacial score (nSPS) is 13.2. The Balaban J connectivity index is 0.00000372. The van der Waals surface area contributed by atoms with E-state index in [1.165, 1.54) is 21.1 Å². The Morgan fingerprint density at radius 3 is 2.02 bits per heavy atom. The number of hydrogen-bond acceptors (Lipinski definition) is 4. The van der Waals surface area contributed by atoms with Crippen molar-refractivity contribution >= 4 is 56.8 Å². The molecule has 1 aliphatic heterocycles. The van der Waals surface area contributed by atoms with E-state index in [4.69, 9.17) is 19.7 Å². The van der Waals surface area contributed by atoms with E-state index in [0.29, 0.717) is 11.5 Å². The largest absolute Gasteiger partial charge is 2.00 e. The fourth-order valence-electron chi connectivity index (χ4n) is 8.12. The average molecular weight is 883 g/mol. The van der Waals surface area contributed by atoms with Gasteiger partial charge in [-0.25, -0.2) is 4.98 Å². The molecule has 0 unspecified atom stereocenters. The van der Waals surface area contributed by atoms with Crippen molar-refractivity contribution in [2.75, 3.05) is 0 Å². The van der Waals surface area contributed by atoms with Gasteiger partial charge < -0.3 is 19.3 Å². The first-order valence-corrected chi connectivity index (χ1v) is 19.5. The number of rotatable bonds is 5. The summed E-state index contributed by atoms with van der Waals surface area (Å²) in [5.74, 6) is 1.90. The van der Waals surface area contributed by atoms with Crippen LogP contribution in [-0.2, 0) is 26.5 Å². The SMILES string of the molecule is CC(C)(C)c1ccnc2c1[Si](c1ccccc1)(c1ccccc1)c1ncc(Oc3[c-]c(-n4c5ccccc5n5c6ccccc6nc45)ccc3)[c-]c1-2.[Pt+2]. The second kappa shape index (κ2) is 12.5. The van der Waals surface area contributed by atoms with Crippen molar-refractivity contribution in [1.82, 2.24) is 23.9 Å². The number of pyridine rings is 2. The fraction of sp³-hybridized carbons (Fsp3) is 0.0889. The molecule has 5 heterocycles. The van der Waals surface area contributed by atoms with Crippen LogP contribution in [0.15, 0.2) is 146 Å². The summed E-state index contributed by atoms with van der Waals surface area (Å²) in [6.07, 6.45) is 3.75. The minimum Gasteiger partial charge on any atom is -0.501 e. The summed E-state index contributed by atoms with van der Waals surface area (Å²) in [6, 6.07) is 53.7. The van der Waals surface area contributed by atoms with E-state index in [0.717, 1.165) is 50.1 Å². The van der Waals surface area contributed by atoms with Crippen molar-refractivity contribution < 1.29 is 25.8 Å². The molecule has 0 saturated heterocycles. The van der Waals surface area contributed by atoms with Crippen molar-refractivity contribution in [3.05, 3.63) is 164 Å². The number of imidazole rings is 2. The molecule has 10 rings (SSSR count). The Morgan fingerprint density at radius 1 is 0.642 bits per heavy atom. The molecule has 9 aromatic rings. The van der Waals surface area contributed by atoms with Gasteiger partial charge in [0, 0.05) is 11.9 Å². The van der Waals surface area contributed by atoms with Gasteiger partial charge >= 0.3 is 21.1 Å². The zero-order chi connectivity index (χ0) is 35.0. The molecule has 5 aromatic carbocycles. The molecule has 258 valence electrons. The summed E-state index contributed by atoms with van der Waals surface area (Å²) in [5.41, 5.74) is 7.94. The van der Waals surface area contributed by atoms with Crippen LogP contribution in [0, 0.1) is 12.1 Å². The molecule has 6 nitrogen and oxygen atoms in total. The van der Waals surface area contributed by atoms with E-state index in [1.54, 1.807) is 0 Å². The summed E-state index contributed by atoms with van der Waals surface area (Å²) >= 11 is 0. The van der Waals surface area contributed by atoms with Gasteiger partial charge in [0.05, 0.1) is 27.8 Å². The molecule has 0 saturated carbocycles. The molecule has 1 aliphatic rings. The summed E-state index contributed by atoms with van der Waals surface area (Å²) < 4.78 is 10.9. The third-order valence-corrected chi connectivity index (χ3v) is 15.0. The van der Waals surface area contributed by atoms with Crippen LogP contribution >= 0.6 is 0 Å². The molecule has 0 aliphatic carbocycles. The Hall–Kier alpha value is -5.62. The van der Waals surface area contributed by atoms with E-state index in [2.05, 4.69) is 139 Å². The van der Waals surface area contributed by atoms with Crippen molar-refractivity contribution in [2.24, 2.45) is 0 Å². The molecular formula is C45H33N5OPtSi. The van der Waals surface area contributed by atoms with Crippen LogP contribution in [0.2, 0.25) is 0 Å². The number of benzene rings is 5. The Kier molecular flexibility index (Phi) is 7.84. The van der Waals surface area contributed by atoms with Crippen LogP contribution in [0.1, 0.15) is 26.3 Å². The molecule has 53 heavy (non-hydrogen) atoms. The zero-order valence-electron chi connectivity index (χ0n) is 29.3. The van der Waals surface area contributed by atoms with Crippen LogP contribution in [-0.4, -0.2) is 32.0 Å². The van der Waals surface area contributed by atoms with Gasteiger partial charge in [-0.15, -0.1) is 23.8 Å². The molecule has 0 bridgehead atoms. The molecule has 0 spiro atoms. The first-order valence-electron chi connectivity index (χ1n) is 17.5. The van der Waals surface area contributed by atoms with Crippen LogP contribution in [0.25, 0.3) is 44.8 Å². The predicted molar refractivity (Wildman–Crippen MR) is 211 cm³/mol. The van der Waals surface area contributed by atoms with Crippen molar-refractivity contribution in [3.63, 3.8) is 0 Å². The zero-order valence-corrected chi connectivity index (χ0v) is 32.6. The maximum absolute atomic E-state index is 6.59. The van der Waals surface area contributed by atoms with Crippen molar-refractivity contribution in [1.29, 1.82) is 0 Å². The van der Waals surface area contributed by atoms with E-state index in [-0.39, 0.29) is 26.5 Å². The monoisotopic (exact) mass is 882 g/mol. The standard InChI is InChI=1S/C45H33N5OSi.Pt/c1-45(2,3)36-25-26-46-41-35-28-32(29-47-43(35)52(42(36)41,33-17-6-4-7-18-33)34-19-8-5-9-20-34)51-31-16-14-15-30(27-31)49-39-23-12-13-24-40(39)50-38-22-11-10-21-37(38)48-44(49)50;/h4-26,29H,1-3H3;/q-2;+2. The Morgan fingerprint density at radius 2 is 1.30 bits per heavy atom. The van der Waals surface area contributed by atoms with E-state index in [1.807, 2.05) is 48.8 Å². The van der Waals surface area contributed by atoms with Crippen molar-refractivity contribution in [3.8, 4) is 28.4 Å². The van der Waals surface area contributed by atoms with Crippen molar-refractivity contribution in [2.45, 2.75) is 26.2 Å². The predicted octanol–water partition coefficient (Wildman–Crippen LogP) is 7.27. The number of hydrogen-bond donors (Lipinski definition) is 0. The molecule has 0 N–H and O–H groups in total. The minimum atomic E-state index is -2.89. The maximum atomic E-state index is 6.59. The topological polar surface area (TPSA) is 57.2 Å². The first kappa shape index (κ1) is 33.2. The van der Waals surface area contributed by atoms with Gasteiger partial charge in [0.2, 0.25) is 5.78 Å². The van der Waals surface area contributed by atoms with Gasteiger partial charge in [-0.05, 0) is 58.5 Å². The number of fused-ring (bicyclic) bond motifs is 8. The van der Waals surface area contributed by atoms with Gasteiger partial charge in [-0.2, -0.15) is 6.07 Å². The molecule has 4 aromatic heterocycles. The smallest absolute Gasteiger partial charge is 0.501 e. The molecule has 0 atom stereocenters. The molecule has 0 radical (unpaired) electrons. The molecule has 0 fully saturated rings. The number of aromatic nitrogens is 5. The van der Waals surface area contributed by atoms with E-state index >= 15 is 0 Å². The summed E-state index contributed by atoms with van der Waals surface area (Å²) in [4.78, 5) is 15.4. The number of para-hydroxylation sites is 4. The maximum Gasteiger partial charge on any atom is 2.00 e. The van der Waals surface area contributed by atoms with Gasteiger partial charge in [0.15, 0.2) is 0 Å². The number of nitrogens with zero attached hydrogens (tertiary/aromatic N) is 5. The van der Waals surface area contributed by atoms with Crippen LogP contribution in [0.4, 0.5) is 0 Å². The average Bonchev–Trinajstić information content (AvgIpc) is 3.81. The van der Waals surface area contributed by atoms with E-state index < -0.39 is 8.07 Å². The van der Waals surface area contributed by atoms with Crippen LogP contribution in [0.5, 0.6) is 11.5 Å². The molecular weight excluding hydrogens is 850 g/mol. The second-order valence-electron chi connectivity index (χ2n) is 14.3. The van der Waals surface area contributed by atoms with E-state index in [9.17, 15) is 0 Å². The first-order chi connectivity index (χ1) is 25.4. The Labute approximate surface area is 323 Å². The molecule has 0 amide bonds. The molecule has 8 heteroatoms. The van der Waals surface area contributed by atoms with Gasteiger partial charge in [-0.1, -0.05) is 133 Å². The number of ether oxygens (including phenoxy) is 1. The van der Waals surface area contributed by atoms with Crippen LogP contribution in [0.3, 0.4) is 0 Å². The Bertz CT molecular complexity index is 2780. The minimum absolute atomic E-state index is 0. The summed E-state index contributed by atoms with van der Waals surface area (Å²) in [6.45, 7) is 6.84. The fourth-order valence-corrected chi connectivity index (χ4v) is 13.4. The van der Waals surface area contributed by atoms with Gasteiger partial charge in [0.25, 0.3) is 0 Å². The summed E-state index contributed by atoms with van der Waals surface area (Å²) in [7, 11) is -2.89.